The zero-order valence-corrected chi connectivity index (χ0v) is 48.8. The van der Waals surface area contributed by atoms with Crippen LogP contribution in [0.5, 0.6) is 5.75 Å². The van der Waals surface area contributed by atoms with Crippen molar-refractivity contribution in [1.29, 1.82) is 0 Å². The summed E-state index contributed by atoms with van der Waals surface area (Å²) < 4.78 is 38.6. The second-order valence-electron chi connectivity index (χ2n) is 21.5. The van der Waals surface area contributed by atoms with Crippen molar-refractivity contribution in [1.82, 2.24) is 24.9 Å². The molecule has 3 saturated heterocycles. The van der Waals surface area contributed by atoms with E-state index in [0.29, 0.717) is 46.6 Å². The molecule has 396 valence electrons. The van der Waals surface area contributed by atoms with Gasteiger partial charge in [-0.3, -0.25) is 4.68 Å². The molecule has 2 aliphatic carbocycles. The second-order valence-corrected chi connectivity index (χ2v) is 21.9. The molecule has 6 aliphatic rings. The molecule has 12 heteroatoms. The third-order valence-electron chi connectivity index (χ3n) is 17.1. The van der Waals surface area contributed by atoms with Crippen LogP contribution in [0.3, 0.4) is 0 Å². The van der Waals surface area contributed by atoms with Gasteiger partial charge in [0.1, 0.15) is 28.8 Å². The number of rotatable bonds is 9. The summed E-state index contributed by atoms with van der Waals surface area (Å²) in [5, 5.41) is 9.26. The molecule has 3 N–H and O–H groups in total. The zero-order chi connectivity index (χ0) is 51.8. The van der Waals surface area contributed by atoms with Gasteiger partial charge in [0.2, 0.25) is 0 Å². The monoisotopic (exact) mass is 1050 g/mol. The number of piperidine rings is 2. The molecular formula is C63H80ClF2N7NaO-. The van der Waals surface area contributed by atoms with Gasteiger partial charge in [-0.1, -0.05) is 120 Å². The van der Waals surface area contributed by atoms with Gasteiger partial charge in [-0.2, -0.15) is 17.9 Å². The number of hydrogen-bond acceptors (Lipinski definition) is 7. The van der Waals surface area contributed by atoms with Crippen LogP contribution in [0, 0.1) is 36.8 Å². The predicted molar refractivity (Wildman–Crippen MR) is 305 cm³/mol. The minimum atomic E-state index is -0.728. The number of likely N-dealkylation sites (tertiary alicyclic amines) is 2. The van der Waals surface area contributed by atoms with Crippen molar-refractivity contribution in [3.63, 3.8) is 0 Å². The molecule has 0 radical (unpaired) electrons. The SMILES string of the molecule is C=C(N)c1ccc(CC)c(F)c1-c1c(Cl)c(F)cc2c1CC(C)(c1ccccc1)O2.C=C1CCN(c2nn(C)c3cc(C4CCN(C5CC6(CCN(C(=C)C7CC[CH-]CC7)CC6)C5)CC4)ccc23)C(=C)N1.CC.[CH3-].[Na+]. The number of nitrogens with two attached hydrogens (primary N) is 1. The maximum absolute atomic E-state index is 15.6. The Morgan fingerprint density at radius 1 is 0.920 bits per heavy atom. The van der Waals surface area contributed by atoms with E-state index in [9.17, 15) is 4.39 Å². The fourth-order valence-electron chi connectivity index (χ4n) is 12.8. The molecule has 5 heterocycles. The predicted octanol–water partition coefficient (Wildman–Crippen LogP) is 11.8. The number of allylic oxidation sites excluding steroid dienone is 1. The van der Waals surface area contributed by atoms with Gasteiger partial charge in [-0.25, -0.2) is 8.78 Å². The number of anilines is 1. The molecule has 0 amide bonds. The molecule has 1 spiro atoms. The molecule has 8 nitrogen and oxygen atoms in total. The molecule has 0 bridgehead atoms. The van der Waals surface area contributed by atoms with Crippen LogP contribution in [0.1, 0.15) is 132 Å². The maximum atomic E-state index is 15.6. The fourth-order valence-corrected chi connectivity index (χ4v) is 13.1. The Morgan fingerprint density at radius 2 is 1.60 bits per heavy atom. The van der Waals surface area contributed by atoms with Crippen molar-refractivity contribution in [2.45, 2.75) is 129 Å². The molecule has 75 heavy (non-hydrogen) atoms. The van der Waals surface area contributed by atoms with Crippen molar-refractivity contribution >= 4 is 34.0 Å². The average Bonchev–Trinajstić information content (AvgIpc) is 3.92. The number of aromatic nitrogens is 2. The van der Waals surface area contributed by atoms with E-state index < -0.39 is 17.2 Å². The molecule has 4 aliphatic heterocycles. The average molecular weight is 1050 g/mol. The van der Waals surface area contributed by atoms with Crippen molar-refractivity contribution < 1.29 is 43.1 Å². The molecule has 4 aromatic carbocycles. The number of halogens is 3. The quantitative estimate of drug-likeness (QED) is 0.113. The van der Waals surface area contributed by atoms with Crippen LogP contribution in [-0.2, 0) is 25.5 Å². The molecular weight excluding hydrogens is 967 g/mol. The van der Waals surface area contributed by atoms with E-state index in [1.165, 1.54) is 119 Å². The summed E-state index contributed by atoms with van der Waals surface area (Å²) in [7, 11) is 2.07. The number of nitrogens with one attached hydrogen (secondary N) is 1. The Balaban J connectivity index is 0.000000216. The Labute approximate surface area is 474 Å². The van der Waals surface area contributed by atoms with Gasteiger partial charge < -0.3 is 44.3 Å². The van der Waals surface area contributed by atoms with E-state index in [-0.39, 0.29) is 58.8 Å². The minimum absolute atomic E-state index is 0. The third-order valence-corrected chi connectivity index (χ3v) is 17.5. The van der Waals surface area contributed by atoms with E-state index in [0.717, 1.165) is 47.8 Å². The van der Waals surface area contributed by atoms with Crippen LogP contribution in [0.25, 0.3) is 27.7 Å². The third kappa shape index (κ3) is 11.7. The largest absolute Gasteiger partial charge is 1.00 e. The van der Waals surface area contributed by atoms with Crippen LogP contribution in [0.15, 0.2) is 110 Å². The van der Waals surface area contributed by atoms with Crippen LogP contribution in [0.4, 0.5) is 14.6 Å². The van der Waals surface area contributed by atoms with Gasteiger partial charge in [-0.15, -0.1) is 0 Å². The van der Waals surface area contributed by atoms with Gasteiger partial charge in [-0.05, 0) is 111 Å². The number of ether oxygens (including phenoxy) is 1. The van der Waals surface area contributed by atoms with E-state index in [2.05, 4.69) is 78.0 Å². The van der Waals surface area contributed by atoms with Crippen LogP contribution < -0.4 is 50.2 Å². The van der Waals surface area contributed by atoms with E-state index >= 15 is 4.39 Å². The summed E-state index contributed by atoms with van der Waals surface area (Å²) in [5.74, 6) is 2.46. The van der Waals surface area contributed by atoms with Crippen LogP contribution in [0.2, 0.25) is 5.02 Å². The number of nitrogens with zero attached hydrogens (tertiary/aromatic N) is 5. The van der Waals surface area contributed by atoms with Gasteiger partial charge in [0.15, 0.2) is 5.82 Å². The van der Waals surface area contributed by atoms with Crippen LogP contribution in [-0.4, -0.2) is 58.3 Å². The minimum Gasteiger partial charge on any atom is -0.482 e. The fraction of sp³-hybridized carbons (Fsp3) is 0.444. The molecule has 1 aromatic heterocycles. The Bertz CT molecular complexity index is 2870. The van der Waals surface area contributed by atoms with Crippen LogP contribution >= 0.6 is 11.6 Å². The van der Waals surface area contributed by atoms with Crippen molar-refractivity contribution in [2.24, 2.45) is 24.1 Å². The van der Waals surface area contributed by atoms with Gasteiger partial charge in [0.05, 0.1) is 10.5 Å². The first-order valence-corrected chi connectivity index (χ1v) is 27.4. The number of fused-ring (bicyclic) bond motifs is 2. The van der Waals surface area contributed by atoms with Gasteiger partial charge in [0.25, 0.3) is 0 Å². The van der Waals surface area contributed by atoms with Gasteiger partial charge in [0, 0.05) is 96.4 Å². The zero-order valence-electron chi connectivity index (χ0n) is 46.1. The second kappa shape index (κ2) is 24.4. The Hall–Kier alpha value is -4.58. The summed E-state index contributed by atoms with van der Waals surface area (Å²) in [4.78, 5) is 7.67. The molecule has 1 atom stereocenters. The van der Waals surface area contributed by atoms with E-state index in [1.54, 1.807) is 12.1 Å². The van der Waals surface area contributed by atoms with E-state index in [1.807, 2.05) is 62.7 Å². The first-order valence-electron chi connectivity index (χ1n) is 27.0. The standard InChI is InChI=1S/C35H49N6.C25H22ClF2NO.C2H6.CH3.Na/c1-25-12-19-41(27(3)36-25)34-32-11-10-30(22-33(32)38(4)37-34)29-13-17-40(18-14-29)31-23-35(24-31)15-20-39(21-16-35)26(2)28-8-6-5-7-9-28;1-4-15-10-11-17(14(2)29)22(24(15)28)21-18-13-25(3,16-8-6-5-7-9-16)30-20(18)12-19(27)23(21)26;1-2;;/h5,10-11,22,28-29,31,36H,1-3,6-9,12-21,23-24H2,4H3;5-12H,2,4,13,29H2,1,3H3;1-2H3;1H3;/q-1;;;-1;+1. The number of benzene rings is 4. The maximum Gasteiger partial charge on any atom is 1.00 e. The molecule has 5 fully saturated rings. The summed E-state index contributed by atoms with van der Waals surface area (Å²) in [6, 6.07) is 22.2. The van der Waals surface area contributed by atoms with Crippen molar-refractivity contribution in [2.75, 3.05) is 37.6 Å². The first kappa shape index (κ1) is 58.1. The summed E-state index contributed by atoms with van der Waals surface area (Å²) in [5.41, 5.74) is 14.1. The Kier molecular flexibility index (Phi) is 18.9. The number of hydrogen-bond donors (Lipinski definition) is 2. The topological polar surface area (TPSA) is 74.8 Å². The molecule has 11 rings (SSSR count). The van der Waals surface area contributed by atoms with Crippen molar-refractivity contribution in [3.05, 3.63) is 169 Å². The summed E-state index contributed by atoms with van der Waals surface area (Å²) in [6.07, 6.45) is 17.6. The van der Waals surface area contributed by atoms with E-state index in [4.69, 9.17) is 27.2 Å². The number of aryl methyl sites for hydroxylation is 2. The summed E-state index contributed by atoms with van der Waals surface area (Å²) >= 11 is 6.43. The molecule has 2 saturated carbocycles. The first-order chi connectivity index (χ1) is 35.2. The smallest absolute Gasteiger partial charge is 0.482 e. The summed E-state index contributed by atoms with van der Waals surface area (Å²) in [6.45, 7) is 30.2. The Morgan fingerprint density at radius 3 is 2.24 bits per heavy atom. The molecule has 1 unspecified atom stereocenters. The normalized spacial score (nSPS) is 20.8. The van der Waals surface area contributed by atoms with Gasteiger partial charge >= 0.3 is 29.6 Å². The van der Waals surface area contributed by atoms with Crippen molar-refractivity contribution in [3.8, 4) is 16.9 Å². The molecule has 5 aromatic rings.